The van der Waals surface area contributed by atoms with Crippen molar-refractivity contribution in [3.63, 3.8) is 0 Å². The van der Waals surface area contributed by atoms with E-state index in [0.717, 1.165) is 16.8 Å². The molecule has 1 heterocycles. The van der Waals surface area contributed by atoms with Gasteiger partial charge >= 0.3 is 0 Å². The first-order chi connectivity index (χ1) is 7.83. The van der Waals surface area contributed by atoms with Gasteiger partial charge in [0.2, 0.25) is 0 Å². The molecule has 16 heavy (non-hydrogen) atoms. The average molecular weight is 282 g/mol. The van der Waals surface area contributed by atoms with E-state index < -0.39 is 0 Å². The highest BCUT2D eigenvalue weighted by molar-refractivity contribution is 9.09. The van der Waals surface area contributed by atoms with Gasteiger partial charge in [0.15, 0.2) is 0 Å². The highest BCUT2D eigenvalue weighted by atomic mass is 79.9. The Morgan fingerprint density at radius 1 is 1.31 bits per heavy atom. The first-order valence-corrected chi connectivity index (χ1v) is 5.97. The van der Waals surface area contributed by atoms with Crippen LogP contribution in [0.4, 0.5) is 0 Å². The van der Waals surface area contributed by atoms with Crippen molar-refractivity contribution in [3.8, 4) is 0 Å². The van der Waals surface area contributed by atoms with Crippen molar-refractivity contribution in [2.75, 3.05) is 6.61 Å². The van der Waals surface area contributed by atoms with Crippen LogP contribution in [0, 0.1) is 0 Å². The average Bonchev–Trinajstić information content (AvgIpc) is 2.78. The fourth-order valence-electron chi connectivity index (χ4n) is 1.56. The Kier molecular flexibility index (Phi) is 3.74. The van der Waals surface area contributed by atoms with E-state index in [0.29, 0.717) is 6.42 Å². The molecule has 1 atom stereocenters. The molecule has 0 radical (unpaired) electrons. The molecule has 1 N–H and O–H groups in total. The maximum atomic E-state index is 8.93. The topological polar surface area (TPSA) is 46.3 Å². The number of hydrogen-bond donors (Lipinski definition) is 1. The van der Waals surface area contributed by atoms with Crippen molar-refractivity contribution in [2.45, 2.75) is 11.2 Å². The second kappa shape index (κ2) is 5.27. The number of benzene rings is 1. The Balaban J connectivity index is 2.27. The normalized spacial score (nSPS) is 12.6. The van der Waals surface area contributed by atoms with Gasteiger partial charge in [0.25, 0.3) is 0 Å². The summed E-state index contributed by atoms with van der Waals surface area (Å²) in [6.45, 7) is 0.0999. The van der Waals surface area contributed by atoms with Gasteiger partial charge in [-0.2, -0.15) is 0 Å². The number of aliphatic hydroxyl groups excluding tert-OH is 1. The highest BCUT2D eigenvalue weighted by Crippen LogP contribution is 2.31. The Hall–Kier alpha value is -1.13. The van der Waals surface area contributed by atoms with Crippen molar-refractivity contribution >= 4 is 15.9 Å². The molecular formula is C12H12BrNO2. The summed E-state index contributed by atoms with van der Waals surface area (Å²) < 4.78 is 4.95. The lowest BCUT2D eigenvalue weighted by atomic mass is 10.1. The second-order valence-corrected chi connectivity index (χ2v) is 4.39. The Morgan fingerprint density at radius 2 is 2.06 bits per heavy atom. The molecule has 0 bridgehead atoms. The third kappa shape index (κ3) is 2.33. The van der Waals surface area contributed by atoms with Crippen molar-refractivity contribution < 1.29 is 9.63 Å². The van der Waals surface area contributed by atoms with Crippen molar-refractivity contribution in [1.29, 1.82) is 0 Å². The summed E-state index contributed by atoms with van der Waals surface area (Å²) in [5.41, 5.74) is 2.89. The van der Waals surface area contributed by atoms with Crippen LogP contribution in [0.3, 0.4) is 0 Å². The molecular weight excluding hydrogens is 270 g/mol. The first kappa shape index (κ1) is 11.4. The molecule has 0 fully saturated rings. The van der Waals surface area contributed by atoms with Gasteiger partial charge in [-0.25, -0.2) is 0 Å². The van der Waals surface area contributed by atoms with Crippen LogP contribution in [-0.4, -0.2) is 16.9 Å². The highest BCUT2D eigenvalue weighted by Gasteiger charge is 2.17. The monoisotopic (exact) mass is 281 g/mol. The summed E-state index contributed by atoms with van der Waals surface area (Å²) >= 11 is 3.59. The number of aliphatic hydroxyl groups is 1. The molecule has 2 aromatic rings. The van der Waals surface area contributed by atoms with Gasteiger partial charge in [-0.1, -0.05) is 51.4 Å². The zero-order chi connectivity index (χ0) is 11.4. The van der Waals surface area contributed by atoms with Gasteiger partial charge in [0, 0.05) is 18.6 Å². The van der Waals surface area contributed by atoms with Gasteiger partial charge in [-0.05, 0) is 5.56 Å². The molecule has 0 spiro atoms. The fourth-order valence-corrected chi connectivity index (χ4v) is 2.24. The number of halogens is 1. The molecule has 0 aliphatic carbocycles. The van der Waals surface area contributed by atoms with Crippen LogP contribution in [0.2, 0.25) is 0 Å². The molecule has 84 valence electrons. The number of aromatic nitrogens is 1. The van der Waals surface area contributed by atoms with Crippen molar-refractivity contribution in [2.24, 2.45) is 0 Å². The molecule has 0 amide bonds. The SMILES string of the molecule is OCCc1conc1C(Br)c1ccccc1. The molecule has 1 aromatic heterocycles. The summed E-state index contributed by atoms with van der Waals surface area (Å²) in [5, 5.41) is 12.9. The molecule has 3 nitrogen and oxygen atoms in total. The van der Waals surface area contributed by atoms with E-state index in [1.165, 1.54) is 0 Å². The minimum Gasteiger partial charge on any atom is -0.396 e. The van der Waals surface area contributed by atoms with E-state index in [9.17, 15) is 0 Å². The van der Waals surface area contributed by atoms with E-state index in [4.69, 9.17) is 9.63 Å². The van der Waals surface area contributed by atoms with E-state index in [1.54, 1.807) is 6.26 Å². The number of alkyl halides is 1. The standard InChI is InChI=1S/C12H12BrNO2/c13-11(9-4-2-1-3-5-9)12-10(6-7-15)8-16-14-12/h1-5,8,11,15H,6-7H2. The Morgan fingerprint density at radius 3 is 2.75 bits per heavy atom. The van der Waals surface area contributed by atoms with Crippen molar-refractivity contribution in [1.82, 2.24) is 5.16 Å². The summed E-state index contributed by atoms with van der Waals surface area (Å²) in [6, 6.07) is 9.99. The van der Waals surface area contributed by atoms with E-state index in [2.05, 4.69) is 21.1 Å². The first-order valence-electron chi connectivity index (χ1n) is 5.06. The zero-order valence-electron chi connectivity index (χ0n) is 8.64. The van der Waals surface area contributed by atoms with Gasteiger partial charge < -0.3 is 9.63 Å². The van der Waals surface area contributed by atoms with Crippen LogP contribution in [-0.2, 0) is 6.42 Å². The lowest BCUT2D eigenvalue weighted by Crippen LogP contribution is -1.99. The molecule has 0 saturated heterocycles. The summed E-state index contributed by atoms with van der Waals surface area (Å²) in [6.07, 6.45) is 2.15. The molecule has 0 saturated carbocycles. The minimum absolute atomic E-state index is 0.00833. The lowest BCUT2D eigenvalue weighted by Gasteiger charge is -2.08. The Labute approximate surface area is 102 Å². The van der Waals surface area contributed by atoms with E-state index >= 15 is 0 Å². The third-order valence-electron chi connectivity index (χ3n) is 2.39. The number of hydrogen-bond acceptors (Lipinski definition) is 3. The van der Waals surface area contributed by atoms with E-state index in [1.807, 2.05) is 30.3 Å². The van der Waals surface area contributed by atoms with Crippen LogP contribution in [0.1, 0.15) is 21.6 Å². The summed E-state index contributed by atoms with van der Waals surface area (Å²) in [4.78, 5) is 0.00833. The quantitative estimate of drug-likeness (QED) is 0.877. The number of nitrogens with zero attached hydrogens (tertiary/aromatic N) is 1. The fraction of sp³-hybridized carbons (Fsp3) is 0.250. The van der Waals surface area contributed by atoms with Gasteiger partial charge in [0.05, 0.1) is 4.83 Å². The third-order valence-corrected chi connectivity index (χ3v) is 3.35. The predicted octanol–water partition coefficient (Wildman–Crippen LogP) is 2.69. The maximum absolute atomic E-state index is 8.93. The predicted molar refractivity (Wildman–Crippen MR) is 64.5 cm³/mol. The van der Waals surface area contributed by atoms with Gasteiger partial charge in [0.1, 0.15) is 12.0 Å². The molecule has 4 heteroatoms. The molecule has 0 aliphatic rings. The largest absolute Gasteiger partial charge is 0.396 e. The minimum atomic E-state index is 0.00833. The molecule has 1 unspecified atom stereocenters. The van der Waals surface area contributed by atoms with Crippen LogP contribution < -0.4 is 0 Å². The lowest BCUT2D eigenvalue weighted by molar-refractivity contribution is 0.299. The summed E-state index contributed by atoms with van der Waals surface area (Å²) in [5.74, 6) is 0. The van der Waals surface area contributed by atoms with Gasteiger partial charge in [-0.3, -0.25) is 0 Å². The zero-order valence-corrected chi connectivity index (χ0v) is 10.2. The van der Waals surface area contributed by atoms with Crippen LogP contribution >= 0.6 is 15.9 Å². The molecule has 0 aliphatic heterocycles. The maximum Gasteiger partial charge on any atom is 0.127 e. The summed E-state index contributed by atoms with van der Waals surface area (Å²) in [7, 11) is 0. The van der Waals surface area contributed by atoms with Crippen LogP contribution in [0.25, 0.3) is 0 Å². The smallest absolute Gasteiger partial charge is 0.127 e. The molecule has 1 aromatic carbocycles. The van der Waals surface area contributed by atoms with Crippen LogP contribution in [0.15, 0.2) is 41.1 Å². The second-order valence-electron chi connectivity index (χ2n) is 3.47. The van der Waals surface area contributed by atoms with Crippen molar-refractivity contribution in [3.05, 3.63) is 53.4 Å². The van der Waals surface area contributed by atoms with Crippen LogP contribution in [0.5, 0.6) is 0 Å². The number of rotatable bonds is 4. The Bertz CT molecular complexity index is 441. The molecule has 2 rings (SSSR count). The van der Waals surface area contributed by atoms with Gasteiger partial charge in [-0.15, -0.1) is 0 Å². The van der Waals surface area contributed by atoms with E-state index in [-0.39, 0.29) is 11.4 Å².